The van der Waals surface area contributed by atoms with Gasteiger partial charge in [-0.25, -0.2) is 0 Å². The Hall–Kier alpha value is -1.74. The van der Waals surface area contributed by atoms with E-state index in [1.165, 1.54) is 0 Å². The Labute approximate surface area is 126 Å². The molecular weight excluding hydrogens is 334 g/mol. The molecule has 2 bridgehead atoms. The first-order chi connectivity index (χ1) is 10.5. The van der Waals surface area contributed by atoms with Crippen LogP contribution in [0.15, 0.2) is 12.2 Å². The van der Waals surface area contributed by atoms with Gasteiger partial charge in [0.25, 0.3) is 0 Å². The summed E-state index contributed by atoms with van der Waals surface area (Å²) in [4.78, 5) is 23.6. The van der Waals surface area contributed by atoms with Crippen LogP contribution in [0.1, 0.15) is 6.42 Å². The van der Waals surface area contributed by atoms with Crippen LogP contribution in [0.5, 0.6) is 0 Å². The maximum absolute atomic E-state index is 12.1. The first-order valence-electron chi connectivity index (χ1n) is 6.63. The maximum Gasteiger partial charge on any atom is 0.422 e. The number of carbonyl (C=O) groups is 2. The SMILES string of the molecule is O=C(OCC(F)(F)F)[C@@H]1[C@@H](C(=O)OCC(F)(F)F)[C@H]2C=C[C@@H]1C2. The smallest absolute Gasteiger partial charge is 0.422 e. The van der Waals surface area contributed by atoms with E-state index in [1.807, 2.05) is 0 Å². The van der Waals surface area contributed by atoms with Crippen molar-refractivity contribution < 1.29 is 45.4 Å². The van der Waals surface area contributed by atoms with Crippen LogP contribution in [0.3, 0.4) is 0 Å². The molecule has 2 aliphatic carbocycles. The molecule has 0 heterocycles. The van der Waals surface area contributed by atoms with Crippen LogP contribution in [0.4, 0.5) is 26.3 Å². The molecule has 0 N–H and O–H groups in total. The predicted molar refractivity (Wildman–Crippen MR) is 61.7 cm³/mol. The molecule has 1 saturated carbocycles. The van der Waals surface area contributed by atoms with Gasteiger partial charge in [0.05, 0.1) is 11.8 Å². The van der Waals surface area contributed by atoms with Crippen LogP contribution >= 0.6 is 0 Å². The first kappa shape index (κ1) is 17.6. The van der Waals surface area contributed by atoms with E-state index in [9.17, 15) is 35.9 Å². The van der Waals surface area contributed by atoms with Crippen molar-refractivity contribution in [2.24, 2.45) is 23.7 Å². The van der Waals surface area contributed by atoms with Crippen molar-refractivity contribution in [2.75, 3.05) is 13.2 Å². The van der Waals surface area contributed by atoms with Crippen molar-refractivity contribution in [3.05, 3.63) is 12.2 Å². The van der Waals surface area contributed by atoms with E-state index in [0.717, 1.165) is 0 Å². The number of hydrogen-bond acceptors (Lipinski definition) is 4. The zero-order valence-electron chi connectivity index (χ0n) is 11.5. The largest absolute Gasteiger partial charge is 0.456 e. The molecule has 0 radical (unpaired) electrons. The highest BCUT2D eigenvalue weighted by Crippen LogP contribution is 2.49. The Morgan fingerprint density at radius 3 is 1.48 bits per heavy atom. The quantitative estimate of drug-likeness (QED) is 0.446. The van der Waals surface area contributed by atoms with Crippen molar-refractivity contribution in [2.45, 2.75) is 18.8 Å². The van der Waals surface area contributed by atoms with Gasteiger partial charge < -0.3 is 9.47 Å². The molecule has 0 aliphatic heterocycles. The van der Waals surface area contributed by atoms with Crippen LogP contribution in [-0.4, -0.2) is 37.5 Å². The molecular formula is C13H12F6O4. The molecule has 0 spiro atoms. The van der Waals surface area contributed by atoms with E-state index in [1.54, 1.807) is 12.2 Å². The van der Waals surface area contributed by atoms with Gasteiger partial charge in [-0.2, -0.15) is 26.3 Å². The molecule has 0 amide bonds. The highest BCUT2D eigenvalue weighted by molar-refractivity contribution is 5.84. The van der Waals surface area contributed by atoms with E-state index in [-0.39, 0.29) is 6.42 Å². The second-order valence-corrected chi connectivity index (χ2v) is 5.45. The lowest BCUT2D eigenvalue weighted by molar-refractivity contribution is -0.197. The summed E-state index contributed by atoms with van der Waals surface area (Å²) in [6.45, 7) is -3.62. The molecule has 10 heteroatoms. The lowest BCUT2D eigenvalue weighted by Crippen LogP contribution is -2.37. The topological polar surface area (TPSA) is 52.6 Å². The second-order valence-electron chi connectivity index (χ2n) is 5.45. The number of hydrogen-bond donors (Lipinski definition) is 0. The molecule has 0 unspecified atom stereocenters. The summed E-state index contributed by atoms with van der Waals surface area (Å²) in [6, 6.07) is 0. The number of halogens is 6. The average molecular weight is 346 g/mol. The normalized spacial score (nSPS) is 29.7. The fourth-order valence-electron chi connectivity index (χ4n) is 2.96. The molecule has 130 valence electrons. The van der Waals surface area contributed by atoms with Crippen LogP contribution in [0, 0.1) is 23.7 Å². The second kappa shape index (κ2) is 6.04. The first-order valence-corrected chi connectivity index (χ1v) is 6.63. The maximum atomic E-state index is 12.1. The summed E-state index contributed by atoms with van der Waals surface area (Å²) < 4.78 is 80.8. The van der Waals surface area contributed by atoms with Crippen LogP contribution in [-0.2, 0) is 19.1 Å². The van der Waals surface area contributed by atoms with Crippen molar-refractivity contribution in [3.8, 4) is 0 Å². The lowest BCUT2D eigenvalue weighted by Gasteiger charge is -2.25. The van der Waals surface area contributed by atoms with Gasteiger partial charge in [0.1, 0.15) is 0 Å². The standard InChI is InChI=1S/C13H12F6O4/c14-12(15,16)4-22-10(20)8-6-1-2-7(3-6)9(8)11(21)23-5-13(17,18)19/h1-2,6-9H,3-5H2/t6-,7+,8-,9-/m0/s1. The summed E-state index contributed by atoms with van der Waals surface area (Å²) in [5.41, 5.74) is 0. The van der Waals surface area contributed by atoms with E-state index in [2.05, 4.69) is 9.47 Å². The number of alkyl halides is 6. The molecule has 2 rings (SSSR count). The number of ether oxygens (including phenoxy) is 2. The number of fused-ring (bicyclic) bond motifs is 2. The summed E-state index contributed by atoms with van der Waals surface area (Å²) in [5, 5.41) is 0. The highest BCUT2D eigenvalue weighted by Gasteiger charge is 2.53. The minimum Gasteiger partial charge on any atom is -0.456 e. The van der Waals surface area contributed by atoms with Gasteiger partial charge >= 0.3 is 24.3 Å². The number of rotatable bonds is 4. The van der Waals surface area contributed by atoms with Crippen LogP contribution in [0.25, 0.3) is 0 Å². The summed E-state index contributed by atoms with van der Waals surface area (Å²) in [5.74, 6) is -6.10. The Balaban J connectivity index is 2.03. The van der Waals surface area contributed by atoms with E-state index < -0.39 is 61.2 Å². The van der Waals surface area contributed by atoms with E-state index in [0.29, 0.717) is 0 Å². The Bertz CT molecular complexity index is 466. The molecule has 0 aromatic heterocycles. The molecule has 4 nitrogen and oxygen atoms in total. The average Bonchev–Trinajstić information content (AvgIpc) is 3.00. The van der Waals surface area contributed by atoms with E-state index in [4.69, 9.17) is 0 Å². The molecule has 2 aliphatic rings. The molecule has 4 atom stereocenters. The Kier molecular flexibility index (Phi) is 4.63. The third kappa shape index (κ3) is 4.38. The number of esters is 2. The third-order valence-corrected chi connectivity index (χ3v) is 3.76. The lowest BCUT2D eigenvalue weighted by atomic mass is 9.83. The summed E-state index contributed by atoms with van der Waals surface area (Å²) in [6.07, 6.45) is -6.06. The zero-order valence-corrected chi connectivity index (χ0v) is 11.5. The van der Waals surface area contributed by atoms with Gasteiger partial charge in [-0.15, -0.1) is 0 Å². The van der Waals surface area contributed by atoms with Gasteiger partial charge in [-0.05, 0) is 18.3 Å². The fourth-order valence-corrected chi connectivity index (χ4v) is 2.96. The molecule has 0 saturated heterocycles. The van der Waals surface area contributed by atoms with Gasteiger partial charge in [-0.1, -0.05) is 12.2 Å². The highest BCUT2D eigenvalue weighted by atomic mass is 19.4. The fraction of sp³-hybridized carbons (Fsp3) is 0.692. The van der Waals surface area contributed by atoms with Crippen molar-refractivity contribution in [1.82, 2.24) is 0 Å². The van der Waals surface area contributed by atoms with Crippen molar-refractivity contribution in [1.29, 1.82) is 0 Å². The zero-order chi connectivity index (χ0) is 17.4. The monoisotopic (exact) mass is 346 g/mol. The van der Waals surface area contributed by atoms with Crippen molar-refractivity contribution >= 4 is 11.9 Å². The minimum atomic E-state index is -4.73. The molecule has 0 aromatic carbocycles. The minimum absolute atomic E-state index is 0.289. The number of carbonyl (C=O) groups excluding carboxylic acids is 2. The van der Waals surface area contributed by atoms with Crippen LogP contribution in [0.2, 0.25) is 0 Å². The Morgan fingerprint density at radius 2 is 1.17 bits per heavy atom. The van der Waals surface area contributed by atoms with Gasteiger partial charge in [-0.3, -0.25) is 9.59 Å². The van der Waals surface area contributed by atoms with Crippen LogP contribution < -0.4 is 0 Å². The molecule has 0 aromatic rings. The van der Waals surface area contributed by atoms with Gasteiger partial charge in [0, 0.05) is 0 Å². The van der Waals surface area contributed by atoms with Crippen molar-refractivity contribution in [3.63, 3.8) is 0 Å². The predicted octanol–water partition coefficient (Wildman–Crippen LogP) is 2.64. The molecule has 23 heavy (non-hydrogen) atoms. The summed E-state index contributed by atoms with van der Waals surface area (Å²) >= 11 is 0. The van der Waals surface area contributed by atoms with Gasteiger partial charge in [0.15, 0.2) is 13.2 Å². The van der Waals surface area contributed by atoms with E-state index >= 15 is 0 Å². The summed E-state index contributed by atoms with van der Waals surface area (Å²) in [7, 11) is 0. The van der Waals surface area contributed by atoms with Gasteiger partial charge in [0.2, 0.25) is 0 Å². The third-order valence-electron chi connectivity index (χ3n) is 3.76. The number of allylic oxidation sites excluding steroid dienone is 2. The molecule has 1 fully saturated rings. The Morgan fingerprint density at radius 1 is 0.826 bits per heavy atom.